The minimum Gasteiger partial charge on any atom is -0.457 e. The number of allylic oxidation sites excluding steroid dienone is 1. The summed E-state index contributed by atoms with van der Waals surface area (Å²) in [5.74, 6) is 0.876. The van der Waals surface area contributed by atoms with Crippen LogP contribution < -0.4 is 20.2 Å². The molecule has 0 saturated carbocycles. The van der Waals surface area contributed by atoms with Gasteiger partial charge in [-0.1, -0.05) is 83.6 Å². The molecule has 5 aromatic rings. The van der Waals surface area contributed by atoms with Gasteiger partial charge in [0, 0.05) is 22.3 Å². The molecule has 192 valence electrons. The van der Waals surface area contributed by atoms with Gasteiger partial charge in [-0.15, -0.1) is 0 Å². The predicted octanol–water partition coefficient (Wildman–Crippen LogP) is 5.79. The number of anilines is 1. The molecule has 6 nitrogen and oxygen atoms in total. The number of rotatable bonds is 5. The number of benzene rings is 3. The Kier molecular flexibility index (Phi) is 6.60. The highest BCUT2D eigenvalue weighted by Crippen LogP contribution is 2.31. The molecule has 0 fully saturated rings. The second-order valence-corrected chi connectivity index (χ2v) is 10.5. The number of halogens is 1. The Balaban J connectivity index is 1.44. The standard InChI is InChI=1S/C31H22ClN3O3S/c1-19-27(29(36)34-23-13-6-3-7-14-23)28(20-9-4-2-5-10-20)35-30(37)26(39-31(35)33-19)18-24-15-16-25(38-24)21-11-8-12-22(32)17-21/h2-18,28H,1H3,(H,34,36)/b26-18+. The van der Waals surface area contributed by atoms with Crippen molar-refractivity contribution >= 4 is 40.6 Å². The van der Waals surface area contributed by atoms with E-state index in [0.717, 1.165) is 11.1 Å². The molecule has 0 radical (unpaired) electrons. The summed E-state index contributed by atoms with van der Waals surface area (Å²) in [7, 11) is 0. The number of carbonyl (C=O) groups is 1. The number of furan rings is 1. The van der Waals surface area contributed by atoms with Gasteiger partial charge in [-0.25, -0.2) is 4.99 Å². The lowest BCUT2D eigenvalue weighted by Crippen LogP contribution is -2.40. The lowest BCUT2D eigenvalue weighted by atomic mass is 9.95. The van der Waals surface area contributed by atoms with Crippen molar-refractivity contribution in [3.8, 4) is 11.3 Å². The number of thiazole rings is 1. The second kappa shape index (κ2) is 10.4. The van der Waals surface area contributed by atoms with Gasteiger partial charge in [-0.2, -0.15) is 0 Å². The van der Waals surface area contributed by atoms with E-state index in [1.807, 2.05) is 91.0 Å². The highest BCUT2D eigenvalue weighted by molar-refractivity contribution is 7.07. The van der Waals surface area contributed by atoms with Crippen LogP contribution in [0, 0.1) is 0 Å². The fourth-order valence-corrected chi connectivity index (χ4v) is 5.86. The number of nitrogens with one attached hydrogen (secondary N) is 1. The predicted molar refractivity (Wildman–Crippen MR) is 154 cm³/mol. The highest BCUT2D eigenvalue weighted by atomic mass is 35.5. The molecule has 39 heavy (non-hydrogen) atoms. The Morgan fingerprint density at radius 3 is 2.49 bits per heavy atom. The molecule has 0 aliphatic carbocycles. The normalized spacial score (nSPS) is 15.1. The molecule has 1 atom stereocenters. The Morgan fingerprint density at radius 2 is 1.74 bits per heavy atom. The smallest absolute Gasteiger partial charge is 0.271 e. The number of para-hydroxylation sites is 1. The van der Waals surface area contributed by atoms with Crippen molar-refractivity contribution in [2.75, 3.05) is 5.32 Å². The summed E-state index contributed by atoms with van der Waals surface area (Å²) in [5, 5.41) is 3.57. The van der Waals surface area contributed by atoms with Gasteiger partial charge in [0.2, 0.25) is 0 Å². The van der Waals surface area contributed by atoms with E-state index in [1.165, 1.54) is 11.3 Å². The molecule has 8 heteroatoms. The van der Waals surface area contributed by atoms with E-state index in [1.54, 1.807) is 23.6 Å². The third-order valence-corrected chi connectivity index (χ3v) is 7.64. The van der Waals surface area contributed by atoms with E-state index in [4.69, 9.17) is 16.0 Å². The molecule has 6 rings (SSSR count). The average Bonchev–Trinajstić information content (AvgIpc) is 3.53. The Bertz CT molecular complexity index is 1900. The van der Waals surface area contributed by atoms with Crippen LogP contribution in [-0.4, -0.2) is 10.5 Å². The zero-order chi connectivity index (χ0) is 26.9. The number of hydrogen-bond acceptors (Lipinski definition) is 5. The number of fused-ring (bicyclic) bond motifs is 1. The fraction of sp³-hybridized carbons (Fsp3) is 0.0645. The molecule has 0 saturated heterocycles. The van der Waals surface area contributed by atoms with Crippen LogP contribution >= 0.6 is 22.9 Å². The van der Waals surface area contributed by atoms with Gasteiger partial charge in [0.15, 0.2) is 4.80 Å². The second-order valence-electron chi connectivity index (χ2n) is 9.03. The molecule has 1 aliphatic heterocycles. The molecule has 1 unspecified atom stereocenters. The molecule has 1 aliphatic rings. The van der Waals surface area contributed by atoms with E-state index in [9.17, 15) is 9.59 Å². The maximum Gasteiger partial charge on any atom is 0.271 e. The lowest BCUT2D eigenvalue weighted by Gasteiger charge is -2.25. The summed E-state index contributed by atoms with van der Waals surface area (Å²) in [6.45, 7) is 1.80. The molecule has 2 aromatic heterocycles. The lowest BCUT2D eigenvalue weighted by molar-refractivity contribution is -0.113. The first kappa shape index (κ1) is 24.9. The summed E-state index contributed by atoms with van der Waals surface area (Å²) in [4.78, 5) is 32.6. The maximum atomic E-state index is 13.8. The summed E-state index contributed by atoms with van der Waals surface area (Å²) in [6, 6.07) is 29.2. The summed E-state index contributed by atoms with van der Waals surface area (Å²) >= 11 is 7.40. The fourth-order valence-electron chi connectivity index (χ4n) is 4.64. The largest absolute Gasteiger partial charge is 0.457 e. The van der Waals surface area contributed by atoms with Crippen molar-refractivity contribution in [3.63, 3.8) is 0 Å². The first-order chi connectivity index (χ1) is 19.0. The van der Waals surface area contributed by atoms with Crippen molar-refractivity contribution in [1.29, 1.82) is 0 Å². The molecule has 1 N–H and O–H groups in total. The number of nitrogens with zero attached hydrogens (tertiary/aromatic N) is 2. The van der Waals surface area contributed by atoms with Gasteiger partial charge in [0.25, 0.3) is 11.5 Å². The van der Waals surface area contributed by atoms with Crippen molar-refractivity contribution in [3.05, 3.63) is 144 Å². The van der Waals surface area contributed by atoms with Crippen molar-refractivity contribution < 1.29 is 9.21 Å². The van der Waals surface area contributed by atoms with Crippen molar-refractivity contribution in [2.45, 2.75) is 13.0 Å². The molecular weight excluding hydrogens is 530 g/mol. The van der Waals surface area contributed by atoms with Crippen LogP contribution in [0.25, 0.3) is 17.4 Å². The number of hydrogen-bond donors (Lipinski definition) is 1. The minimum absolute atomic E-state index is 0.245. The molecule has 0 bridgehead atoms. The van der Waals surface area contributed by atoms with Crippen LogP contribution in [0.5, 0.6) is 0 Å². The summed E-state index contributed by atoms with van der Waals surface area (Å²) in [5.41, 5.74) is 3.07. The van der Waals surface area contributed by atoms with E-state index >= 15 is 0 Å². The first-order valence-electron chi connectivity index (χ1n) is 12.3. The topological polar surface area (TPSA) is 76.6 Å². The molecular formula is C31H22ClN3O3S. The number of amides is 1. The van der Waals surface area contributed by atoms with Crippen molar-refractivity contribution in [1.82, 2.24) is 4.57 Å². The minimum atomic E-state index is -0.632. The molecule has 3 aromatic carbocycles. The van der Waals surface area contributed by atoms with E-state index < -0.39 is 6.04 Å². The summed E-state index contributed by atoms with van der Waals surface area (Å²) < 4.78 is 8.07. The van der Waals surface area contributed by atoms with Crippen LogP contribution in [0.4, 0.5) is 5.69 Å². The van der Waals surface area contributed by atoms with Crippen molar-refractivity contribution in [2.24, 2.45) is 4.99 Å². The molecule has 1 amide bonds. The summed E-state index contributed by atoms with van der Waals surface area (Å²) in [6.07, 6.45) is 1.71. The van der Waals surface area contributed by atoms with Crippen LogP contribution in [0.3, 0.4) is 0 Å². The van der Waals surface area contributed by atoms with E-state index in [0.29, 0.717) is 42.8 Å². The van der Waals surface area contributed by atoms with Gasteiger partial charge in [0.05, 0.1) is 21.8 Å². The Labute approximate surface area is 232 Å². The van der Waals surface area contributed by atoms with Crippen LogP contribution in [0.2, 0.25) is 5.02 Å². The first-order valence-corrected chi connectivity index (χ1v) is 13.5. The number of carbonyl (C=O) groups excluding carboxylic acids is 1. The van der Waals surface area contributed by atoms with Gasteiger partial charge < -0.3 is 9.73 Å². The molecule has 3 heterocycles. The average molecular weight is 552 g/mol. The zero-order valence-electron chi connectivity index (χ0n) is 20.8. The third-order valence-electron chi connectivity index (χ3n) is 6.42. The zero-order valence-corrected chi connectivity index (χ0v) is 22.4. The van der Waals surface area contributed by atoms with Gasteiger partial charge >= 0.3 is 0 Å². The Hall–Kier alpha value is -4.46. The third kappa shape index (κ3) is 4.90. The quantitative estimate of drug-likeness (QED) is 0.300. The van der Waals surface area contributed by atoms with E-state index in [-0.39, 0.29) is 11.5 Å². The van der Waals surface area contributed by atoms with Gasteiger partial charge in [-0.05, 0) is 48.9 Å². The SMILES string of the molecule is CC1=C(C(=O)Nc2ccccc2)C(c2ccccc2)n2c(s/c(=C/c3ccc(-c4cccc(Cl)c4)o3)c2=O)=N1. The van der Waals surface area contributed by atoms with Crippen LogP contribution in [0.15, 0.2) is 123 Å². The maximum absolute atomic E-state index is 13.8. The highest BCUT2D eigenvalue weighted by Gasteiger charge is 2.32. The van der Waals surface area contributed by atoms with Gasteiger partial charge in [-0.3, -0.25) is 14.2 Å². The monoisotopic (exact) mass is 551 g/mol. The van der Waals surface area contributed by atoms with Crippen LogP contribution in [-0.2, 0) is 4.79 Å². The van der Waals surface area contributed by atoms with E-state index in [2.05, 4.69) is 10.3 Å². The Morgan fingerprint density at radius 1 is 1.00 bits per heavy atom. The number of aromatic nitrogens is 1. The van der Waals surface area contributed by atoms with Gasteiger partial charge in [0.1, 0.15) is 11.5 Å². The van der Waals surface area contributed by atoms with Crippen LogP contribution in [0.1, 0.15) is 24.3 Å². The molecule has 0 spiro atoms.